The molecule has 0 aromatic carbocycles. The van der Waals surface area contributed by atoms with Crippen LogP contribution in [-0.4, -0.2) is 35.5 Å². The first-order valence-electron chi connectivity index (χ1n) is 6.17. The second kappa shape index (κ2) is 5.66. The number of amides is 2. The quantitative estimate of drug-likeness (QED) is 0.862. The standard InChI is InChI=1S/C13H19N3O/c1-16(13(17)15-12-6-4-7-12)10-8-11-5-2-3-9-14-11/h2-3,5,9,12H,4,6-8,10H2,1H3,(H,15,17). The summed E-state index contributed by atoms with van der Waals surface area (Å²) in [7, 11) is 1.83. The highest BCUT2D eigenvalue weighted by Crippen LogP contribution is 2.18. The summed E-state index contributed by atoms with van der Waals surface area (Å²) in [5, 5.41) is 3.02. The molecule has 0 spiro atoms. The molecule has 1 saturated carbocycles. The average molecular weight is 233 g/mol. The third-order valence-corrected chi connectivity index (χ3v) is 3.21. The van der Waals surface area contributed by atoms with E-state index in [-0.39, 0.29) is 6.03 Å². The fourth-order valence-electron chi connectivity index (χ4n) is 1.77. The van der Waals surface area contributed by atoms with Gasteiger partial charge in [-0.2, -0.15) is 0 Å². The van der Waals surface area contributed by atoms with Gasteiger partial charge in [-0.05, 0) is 31.4 Å². The van der Waals surface area contributed by atoms with Gasteiger partial charge in [-0.25, -0.2) is 4.79 Å². The highest BCUT2D eigenvalue weighted by Gasteiger charge is 2.20. The summed E-state index contributed by atoms with van der Waals surface area (Å²) in [5.41, 5.74) is 1.02. The topological polar surface area (TPSA) is 45.2 Å². The lowest BCUT2D eigenvalue weighted by atomic mass is 9.93. The van der Waals surface area contributed by atoms with Crippen LogP contribution in [0.4, 0.5) is 4.79 Å². The van der Waals surface area contributed by atoms with Crippen molar-refractivity contribution in [2.24, 2.45) is 0 Å². The number of hydrogen-bond donors (Lipinski definition) is 1. The van der Waals surface area contributed by atoms with Gasteiger partial charge < -0.3 is 10.2 Å². The van der Waals surface area contributed by atoms with Gasteiger partial charge >= 0.3 is 6.03 Å². The molecule has 0 bridgehead atoms. The zero-order valence-corrected chi connectivity index (χ0v) is 10.2. The van der Waals surface area contributed by atoms with E-state index in [0.29, 0.717) is 12.6 Å². The Kier molecular flexibility index (Phi) is 3.96. The maximum absolute atomic E-state index is 11.8. The minimum atomic E-state index is 0.0330. The third kappa shape index (κ3) is 3.44. The van der Waals surface area contributed by atoms with Crippen molar-refractivity contribution in [3.05, 3.63) is 30.1 Å². The average Bonchev–Trinajstić information content (AvgIpc) is 2.32. The fraction of sp³-hybridized carbons (Fsp3) is 0.538. The first-order valence-corrected chi connectivity index (χ1v) is 6.17. The Labute approximate surface area is 102 Å². The highest BCUT2D eigenvalue weighted by atomic mass is 16.2. The molecule has 1 heterocycles. The second-order valence-electron chi connectivity index (χ2n) is 4.57. The van der Waals surface area contributed by atoms with E-state index in [1.165, 1.54) is 6.42 Å². The number of aromatic nitrogens is 1. The number of pyridine rings is 1. The Balaban J connectivity index is 1.72. The molecule has 0 atom stereocenters. The van der Waals surface area contributed by atoms with Gasteiger partial charge in [0.15, 0.2) is 0 Å². The van der Waals surface area contributed by atoms with Crippen LogP contribution < -0.4 is 5.32 Å². The molecule has 4 heteroatoms. The van der Waals surface area contributed by atoms with Gasteiger partial charge in [0, 0.05) is 37.9 Å². The molecule has 1 aromatic rings. The van der Waals surface area contributed by atoms with Gasteiger partial charge in [0.25, 0.3) is 0 Å². The number of carbonyl (C=O) groups excluding carboxylic acids is 1. The Morgan fingerprint density at radius 1 is 1.53 bits per heavy atom. The van der Waals surface area contributed by atoms with Crippen molar-refractivity contribution >= 4 is 6.03 Å². The third-order valence-electron chi connectivity index (χ3n) is 3.21. The molecule has 2 amide bonds. The summed E-state index contributed by atoms with van der Waals surface area (Å²) in [6.45, 7) is 0.704. The molecule has 4 nitrogen and oxygen atoms in total. The van der Waals surface area contributed by atoms with Crippen LogP contribution in [-0.2, 0) is 6.42 Å². The lowest BCUT2D eigenvalue weighted by molar-refractivity contribution is 0.197. The van der Waals surface area contributed by atoms with Crippen molar-refractivity contribution in [1.82, 2.24) is 15.2 Å². The minimum Gasteiger partial charge on any atom is -0.335 e. The van der Waals surface area contributed by atoms with Crippen LogP contribution in [0.25, 0.3) is 0 Å². The van der Waals surface area contributed by atoms with E-state index < -0.39 is 0 Å². The lowest BCUT2D eigenvalue weighted by Crippen LogP contribution is -2.46. The second-order valence-corrected chi connectivity index (χ2v) is 4.57. The first-order chi connectivity index (χ1) is 8.25. The molecule has 0 radical (unpaired) electrons. The predicted molar refractivity (Wildman–Crippen MR) is 66.7 cm³/mol. The SMILES string of the molecule is CN(CCc1ccccn1)C(=O)NC1CCC1. The number of hydrogen-bond acceptors (Lipinski definition) is 2. The fourth-order valence-corrected chi connectivity index (χ4v) is 1.77. The molecule has 92 valence electrons. The van der Waals surface area contributed by atoms with Crippen LogP contribution in [0, 0.1) is 0 Å². The molecular formula is C13H19N3O. The van der Waals surface area contributed by atoms with Gasteiger partial charge in [0.2, 0.25) is 0 Å². The van der Waals surface area contributed by atoms with Crippen molar-refractivity contribution in [2.45, 2.75) is 31.7 Å². The van der Waals surface area contributed by atoms with Gasteiger partial charge in [0.1, 0.15) is 0 Å². The molecule has 1 aromatic heterocycles. The highest BCUT2D eigenvalue weighted by molar-refractivity contribution is 5.74. The molecule has 1 fully saturated rings. The molecular weight excluding hydrogens is 214 g/mol. The zero-order valence-electron chi connectivity index (χ0n) is 10.2. The largest absolute Gasteiger partial charge is 0.335 e. The van der Waals surface area contributed by atoms with Crippen LogP contribution >= 0.6 is 0 Å². The van der Waals surface area contributed by atoms with E-state index in [4.69, 9.17) is 0 Å². The number of carbonyl (C=O) groups is 1. The monoisotopic (exact) mass is 233 g/mol. The molecule has 0 unspecified atom stereocenters. The van der Waals surface area contributed by atoms with E-state index in [0.717, 1.165) is 25.0 Å². The zero-order chi connectivity index (χ0) is 12.1. The van der Waals surface area contributed by atoms with Crippen molar-refractivity contribution in [1.29, 1.82) is 0 Å². The van der Waals surface area contributed by atoms with E-state index in [1.807, 2.05) is 25.2 Å². The van der Waals surface area contributed by atoms with Crippen LogP contribution in [0.5, 0.6) is 0 Å². The number of urea groups is 1. The van der Waals surface area contributed by atoms with Crippen LogP contribution in [0.1, 0.15) is 25.0 Å². The normalized spacial score (nSPS) is 15.1. The van der Waals surface area contributed by atoms with E-state index in [9.17, 15) is 4.79 Å². The maximum Gasteiger partial charge on any atom is 0.317 e. The number of nitrogens with one attached hydrogen (secondary N) is 1. The first kappa shape index (κ1) is 11.9. The number of likely N-dealkylation sites (N-methyl/N-ethyl adjacent to an activating group) is 1. The minimum absolute atomic E-state index is 0.0330. The van der Waals surface area contributed by atoms with E-state index in [2.05, 4.69) is 10.3 Å². The Morgan fingerprint density at radius 2 is 2.35 bits per heavy atom. The van der Waals surface area contributed by atoms with E-state index in [1.54, 1.807) is 11.1 Å². The molecule has 1 aliphatic rings. The van der Waals surface area contributed by atoms with Crippen molar-refractivity contribution in [3.8, 4) is 0 Å². The summed E-state index contributed by atoms with van der Waals surface area (Å²) in [4.78, 5) is 17.7. The molecule has 0 aliphatic heterocycles. The smallest absolute Gasteiger partial charge is 0.317 e. The molecule has 17 heavy (non-hydrogen) atoms. The van der Waals surface area contributed by atoms with Crippen molar-refractivity contribution in [3.63, 3.8) is 0 Å². The van der Waals surface area contributed by atoms with Crippen LogP contribution in [0.15, 0.2) is 24.4 Å². The predicted octanol–water partition coefficient (Wildman–Crippen LogP) is 1.82. The summed E-state index contributed by atoms with van der Waals surface area (Å²) < 4.78 is 0. The van der Waals surface area contributed by atoms with Crippen molar-refractivity contribution < 1.29 is 4.79 Å². The molecule has 1 aliphatic carbocycles. The lowest BCUT2D eigenvalue weighted by Gasteiger charge is -2.29. The van der Waals surface area contributed by atoms with Crippen molar-refractivity contribution in [2.75, 3.05) is 13.6 Å². The van der Waals surface area contributed by atoms with Crippen LogP contribution in [0.2, 0.25) is 0 Å². The summed E-state index contributed by atoms with van der Waals surface area (Å²) >= 11 is 0. The Hall–Kier alpha value is -1.58. The summed E-state index contributed by atoms with van der Waals surface area (Å²) in [6, 6.07) is 6.29. The van der Waals surface area contributed by atoms with Gasteiger partial charge in [-0.3, -0.25) is 4.98 Å². The summed E-state index contributed by atoms with van der Waals surface area (Å²) in [5.74, 6) is 0. The Morgan fingerprint density at radius 3 is 2.94 bits per heavy atom. The summed E-state index contributed by atoms with van der Waals surface area (Å²) in [6.07, 6.45) is 6.07. The number of nitrogens with zero attached hydrogens (tertiary/aromatic N) is 2. The van der Waals surface area contributed by atoms with Crippen LogP contribution in [0.3, 0.4) is 0 Å². The maximum atomic E-state index is 11.8. The van der Waals surface area contributed by atoms with Gasteiger partial charge in [-0.15, -0.1) is 0 Å². The van der Waals surface area contributed by atoms with E-state index >= 15 is 0 Å². The molecule has 0 saturated heterocycles. The van der Waals surface area contributed by atoms with Gasteiger partial charge in [0.05, 0.1) is 0 Å². The Bertz CT molecular complexity index is 362. The molecule has 1 N–H and O–H groups in total. The van der Waals surface area contributed by atoms with Gasteiger partial charge in [-0.1, -0.05) is 6.07 Å². The number of rotatable bonds is 4. The molecule has 2 rings (SSSR count).